The van der Waals surface area contributed by atoms with E-state index in [9.17, 15) is 20.0 Å². The maximum Gasteiger partial charge on any atom is 0.337 e. The standard InChI is InChI=1S/C14H17N3O5/c1-8-11(13(18)22-3)12(15-14(19)16(8)2)9-5-4-6-10(7-9)17(20)21/h4-7,12,14-15,19H,1-3H3/t12-,14-/m0/s1. The summed E-state index contributed by atoms with van der Waals surface area (Å²) in [7, 11) is 2.89. The maximum atomic E-state index is 12.1. The number of methoxy groups -OCH3 is 1. The van der Waals surface area contributed by atoms with Crippen molar-refractivity contribution in [2.24, 2.45) is 0 Å². The first-order valence-electron chi connectivity index (χ1n) is 6.57. The Morgan fingerprint density at radius 2 is 2.18 bits per heavy atom. The van der Waals surface area contributed by atoms with Crippen molar-refractivity contribution in [3.63, 3.8) is 0 Å². The molecule has 2 atom stereocenters. The highest BCUT2D eigenvalue weighted by Gasteiger charge is 2.35. The third-order valence-electron chi connectivity index (χ3n) is 3.71. The number of carbonyl (C=O) groups excluding carboxylic acids is 1. The number of hydrogen-bond acceptors (Lipinski definition) is 7. The van der Waals surface area contributed by atoms with Gasteiger partial charge in [0.25, 0.3) is 5.69 Å². The Morgan fingerprint density at radius 3 is 2.77 bits per heavy atom. The number of carbonyl (C=O) groups is 1. The first kappa shape index (κ1) is 15.9. The molecule has 0 aliphatic carbocycles. The van der Waals surface area contributed by atoms with Crippen LogP contribution in [0.15, 0.2) is 35.5 Å². The van der Waals surface area contributed by atoms with Gasteiger partial charge >= 0.3 is 5.97 Å². The van der Waals surface area contributed by atoms with Crippen LogP contribution in [0, 0.1) is 10.1 Å². The van der Waals surface area contributed by atoms with Gasteiger partial charge in [-0.3, -0.25) is 15.4 Å². The molecule has 2 rings (SSSR count). The zero-order chi connectivity index (χ0) is 16.4. The van der Waals surface area contributed by atoms with Gasteiger partial charge in [-0.2, -0.15) is 0 Å². The van der Waals surface area contributed by atoms with Crippen LogP contribution in [0.1, 0.15) is 18.5 Å². The molecule has 1 heterocycles. The Bertz CT molecular complexity index is 643. The van der Waals surface area contributed by atoms with Gasteiger partial charge < -0.3 is 14.7 Å². The first-order chi connectivity index (χ1) is 10.4. The maximum absolute atomic E-state index is 12.1. The van der Waals surface area contributed by atoms with Crippen molar-refractivity contribution in [3.8, 4) is 0 Å². The molecular weight excluding hydrogens is 290 g/mol. The van der Waals surface area contributed by atoms with Gasteiger partial charge in [0.05, 0.1) is 23.6 Å². The number of hydrogen-bond donors (Lipinski definition) is 2. The lowest BCUT2D eigenvalue weighted by atomic mass is 9.94. The van der Waals surface area contributed by atoms with Crippen LogP contribution in [0.25, 0.3) is 0 Å². The minimum atomic E-state index is -1.02. The van der Waals surface area contributed by atoms with Gasteiger partial charge in [-0.05, 0) is 12.5 Å². The highest BCUT2D eigenvalue weighted by Crippen LogP contribution is 2.32. The molecule has 1 aliphatic heterocycles. The molecule has 2 N–H and O–H groups in total. The molecule has 0 fully saturated rings. The molecule has 0 saturated heterocycles. The van der Waals surface area contributed by atoms with E-state index < -0.39 is 23.3 Å². The van der Waals surface area contributed by atoms with Crippen molar-refractivity contribution in [2.75, 3.05) is 14.2 Å². The van der Waals surface area contributed by atoms with Crippen LogP contribution in [-0.2, 0) is 9.53 Å². The summed E-state index contributed by atoms with van der Waals surface area (Å²) in [6.07, 6.45) is -1.02. The molecule has 1 aromatic rings. The lowest BCUT2D eigenvalue weighted by Gasteiger charge is -2.38. The summed E-state index contributed by atoms with van der Waals surface area (Å²) >= 11 is 0. The van der Waals surface area contributed by atoms with E-state index in [-0.39, 0.29) is 5.69 Å². The van der Waals surface area contributed by atoms with Gasteiger partial charge in [0.2, 0.25) is 0 Å². The second-order valence-electron chi connectivity index (χ2n) is 4.93. The molecule has 1 aromatic carbocycles. The zero-order valence-corrected chi connectivity index (χ0v) is 12.4. The van der Waals surface area contributed by atoms with Gasteiger partial charge in [0.1, 0.15) is 0 Å². The number of nitro benzene ring substituents is 1. The van der Waals surface area contributed by atoms with Crippen LogP contribution in [0.4, 0.5) is 5.69 Å². The molecule has 1 aliphatic rings. The van der Waals surface area contributed by atoms with E-state index in [2.05, 4.69) is 5.32 Å². The summed E-state index contributed by atoms with van der Waals surface area (Å²) in [5, 5.41) is 23.8. The number of nitrogens with zero attached hydrogens (tertiary/aromatic N) is 2. The van der Waals surface area contributed by atoms with Gasteiger partial charge in [-0.25, -0.2) is 4.79 Å². The van der Waals surface area contributed by atoms with Crippen LogP contribution in [0.2, 0.25) is 0 Å². The van der Waals surface area contributed by atoms with E-state index in [1.54, 1.807) is 20.0 Å². The minimum absolute atomic E-state index is 0.0883. The third kappa shape index (κ3) is 2.78. The lowest BCUT2D eigenvalue weighted by molar-refractivity contribution is -0.384. The lowest BCUT2D eigenvalue weighted by Crippen LogP contribution is -2.50. The predicted molar refractivity (Wildman–Crippen MR) is 77.5 cm³/mol. The number of aliphatic hydroxyl groups excluding tert-OH is 1. The Balaban J connectivity index is 2.54. The van der Waals surface area contributed by atoms with Crippen molar-refractivity contribution in [3.05, 3.63) is 51.2 Å². The number of non-ortho nitro benzene ring substituents is 1. The Hall–Kier alpha value is -2.45. The monoisotopic (exact) mass is 307 g/mol. The number of ether oxygens (including phenoxy) is 1. The smallest absolute Gasteiger partial charge is 0.337 e. The Kier molecular flexibility index (Phi) is 4.43. The Labute approximate surface area is 127 Å². The van der Waals surface area contributed by atoms with Gasteiger partial charge in [0, 0.05) is 24.9 Å². The fourth-order valence-corrected chi connectivity index (χ4v) is 2.38. The molecule has 8 heteroatoms. The third-order valence-corrected chi connectivity index (χ3v) is 3.71. The van der Waals surface area contributed by atoms with Crippen molar-refractivity contribution >= 4 is 11.7 Å². The number of benzene rings is 1. The molecule has 0 radical (unpaired) electrons. The molecule has 0 bridgehead atoms. The summed E-state index contributed by atoms with van der Waals surface area (Å²) in [5.74, 6) is -0.555. The van der Waals surface area contributed by atoms with E-state index in [0.29, 0.717) is 16.8 Å². The minimum Gasteiger partial charge on any atom is -0.466 e. The molecule has 8 nitrogen and oxygen atoms in total. The summed E-state index contributed by atoms with van der Waals surface area (Å²) in [5.41, 5.74) is 1.25. The number of nitrogens with one attached hydrogen (secondary N) is 1. The molecule has 0 saturated carbocycles. The van der Waals surface area contributed by atoms with Gasteiger partial charge in [-0.15, -0.1) is 0 Å². The van der Waals surface area contributed by atoms with E-state index in [1.807, 2.05) is 0 Å². The summed E-state index contributed by atoms with van der Waals surface area (Å²) in [6, 6.07) is 5.22. The SMILES string of the molecule is COC(=O)C1=C(C)N(C)[C@@H](O)N[C@H]1c1cccc([N+](=O)[O-])c1. The van der Waals surface area contributed by atoms with Gasteiger partial charge in [0.15, 0.2) is 6.35 Å². The molecule has 0 aromatic heterocycles. The van der Waals surface area contributed by atoms with E-state index in [0.717, 1.165) is 0 Å². The summed E-state index contributed by atoms with van der Waals surface area (Å²) in [4.78, 5) is 24.0. The summed E-state index contributed by atoms with van der Waals surface area (Å²) in [6.45, 7) is 1.68. The van der Waals surface area contributed by atoms with E-state index in [4.69, 9.17) is 4.74 Å². The van der Waals surface area contributed by atoms with Crippen molar-refractivity contribution in [1.29, 1.82) is 0 Å². The molecule has 0 unspecified atom stereocenters. The molecule has 0 spiro atoms. The number of nitro groups is 1. The zero-order valence-electron chi connectivity index (χ0n) is 12.4. The Morgan fingerprint density at radius 1 is 1.50 bits per heavy atom. The molecular formula is C14H17N3O5. The highest BCUT2D eigenvalue weighted by atomic mass is 16.6. The van der Waals surface area contributed by atoms with Crippen molar-refractivity contribution in [1.82, 2.24) is 10.2 Å². The summed E-state index contributed by atoms with van der Waals surface area (Å²) < 4.78 is 4.79. The van der Waals surface area contributed by atoms with E-state index in [1.165, 1.54) is 30.2 Å². The average Bonchev–Trinajstić information content (AvgIpc) is 2.51. The number of rotatable bonds is 3. The predicted octanol–water partition coefficient (Wildman–Crippen LogP) is 0.894. The van der Waals surface area contributed by atoms with Gasteiger partial charge in [-0.1, -0.05) is 12.1 Å². The van der Waals surface area contributed by atoms with Crippen LogP contribution < -0.4 is 5.32 Å². The highest BCUT2D eigenvalue weighted by molar-refractivity contribution is 5.91. The average molecular weight is 307 g/mol. The molecule has 118 valence electrons. The van der Waals surface area contributed by atoms with E-state index >= 15 is 0 Å². The fraction of sp³-hybridized carbons (Fsp3) is 0.357. The number of aliphatic hydroxyl groups is 1. The molecule has 22 heavy (non-hydrogen) atoms. The largest absolute Gasteiger partial charge is 0.466 e. The fourth-order valence-electron chi connectivity index (χ4n) is 2.38. The topological polar surface area (TPSA) is 105 Å². The quantitative estimate of drug-likeness (QED) is 0.485. The van der Waals surface area contributed by atoms with Crippen LogP contribution in [0.3, 0.4) is 0 Å². The normalized spacial score (nSPS) is 21.7. The number of esters is 1. The molecule has 0 amide bonds. The van der Waals surface area contributed by atoms with Crippen LogP contribution in [0.5, 0.6) is 0 Å². The first-order valence-corrected chi connectivity index (χ1v) is 6.57. The van der Waals surface area contributed by atoms with Crippen LogP contribution in [-0.4, -0.2) is 41.4 Å². The van der Waals surface area contributed by atoms with Crippen molar-refractivity contribution < 1.29 is 19.6 Å². The van der Waals surface area contributed by atoms with Crippen LogP contribution >= 0.6 is 0 Å². The van der Waals surface area contributed by atoms with Crippen molar-refractivity contribution in [2.45, 2.75) is 19.3 Å². The second kappa shape index (κ2) is 6.12. The number of allylic oxidation sites excluding steroid dienone is 1. The second-order valence-corrected chi connectivity index (χ2v) is 4.93.